The van der Waals surface area contributed by atoms with Gasteiger partial charge in [0.15, 0.2) is 11.5 Å². The molecule has 1 fully saturated rings. The second kappa shape index (κ2) is 4.14. The fourth-order valence-corrected chi connectivity index (χ4v) is 2.33. The molecular weight excluding hydrogens is 230 g/mol. The molecule has 7 nitrogen and oxygen atoms in total. The van der Waals surface area contributed by atoms with Gasteiger partial charge in [0.1, 0.15) is 18.0 Å². The van der Waals surface area contributed by atoms with Crippen LogP contribution in [0.4, 0.5) is 11.8 Å². The van der Waals surface area contributed by atoms with Gasteiger partial charge in [0.25, 0.3) is 0 Å². The summed E-state index contributed by atoms with van der Waals surface area (Å²) in [6, 6.07) is 2.17. The molecule has 0 radical (unpaired) electrons. The standard InChI is InChI=1S/C11H13N7/c12-6-8-9(17-4-2-1-3-5-17)15-11(13)18-7-14-16-10(8)18/h7H,1-5H2,(H2,13,15). The maximum Gasteiger partial charge on any atom is 0.209 e. The van der Waals surface area contributed by atoms with E-state index in [-0.39, 0.29) is 0 Å². The molecule has 3 rings (SSSR count). The van der Waals surface area contributed by atoms with Gasteiger partial charge in [-0.2, -0.15) is 10.2 Å². The lowest BCUT2D eigenvalue weighted by atomic mass is 10.1. The van der Waals surface area contributed by atoms with Gasteiger partial charge in [-0.1, -0.05) is 0 Å². The molecule has 1 aliphatic rings. The van der Waals surface area contributed by atoms with Gasteiger partial charge in [-0.25, -0.2) is 0 Å². The minimum absolute atomic E-state index is 0.314. The summed E-state index contributed by atoms with van der Waals surface area (Å²) < 4.78 is 1.53. The predicted octanol–water partition coefficient (Wildman–Crippen LogP) is 0.568. The summed E-state index contributed by atoms with van der Waals surface area (Å²) in [5, 5.41) is 17.0. The van der Waals surface area contributed by atoms with Crippen LogP contribution in [0.25, 0.3) is 5.65 Å². The van der Waals surface area contributed by atoms with E-state index in [1.807, 2.05) is 0 Å². The quantitative estimate of drug-likeness (QED) is 0.786. The van der Waals surface area contributed by atoms with Crippen molar-refractivity contribution in [2.24, 2.45) is 0 Å². The molecule has 7 heteroatoms. The summed E-state index contributed by atoms with van der Waals surface area (Å²) in [5.41, 5.74) is 6.79. The molecular formula is C11H13N7. The number of nitriles is 1. The van der Waals surface area contributed by atoms with Crippen LogP contribution in [0.1, 0.15) is 24.8 Å². The van der Waals surface area contributed by atoms with Crippen LogP contribution in [0.3, 0.4) is 0 Å². The first-order chi connectivity index (χ1) is 8.81. The highest BCUT2D eigenvalue weighted by atomic mass is 15.3. The van der Waals surface area contributed by atoms with Gasteiger partial charge in [-0.05, 0) is 19.3 Å². The molecule has 2 aromatic rings. The Morgan fingerprint density at radius 1 is 1.28 bits per heavy atom. The Balaban J connectivity index is 2.18. The number of anilines is 2. The minimum Gasteiger partial charge on any atom is -0.369 e. The third-order valence-electron chi connectivity index (χ3n) is 3.23. The number of piperidine rings is 1. The number of hydrogen-bond donors (Lipinski definition) is 1. The fraction of sp³-hybridized carbons (Fsp3) is 0.455. The van der Waals surface area contributed by atoms with Crippen LogP contribution < -0.4 is 10.6 Å². The first-order valence-corrected chi connectivity index (χ1v) is 5.95. The largest absolute Gasteiger partial charge is 0.369 e. The van der Waals surface area contributed by atoms with Crippen molar-refractivity contribution in [3.05, 3.63) is 11.9 Å². The molecule has 1 aliphatic heterocycles. The third kappa shape index (κ3) is 1.54. The zero-order valence-corrected chi connectivity index (χ0v) is 9.87. The molecule has 3 heterocycles. The molecule has 0 aliphatic carbocycles. The molecule has 18 heavy (non-hydrogen) atoms. The van der Waals surface area contributed by atoms with Crippen LogP contribution in [0.5, 0.6) is 0 Å². The predicted molar refractivity (Wildman–Crippen MR) is 66.0 cm³/mol. The van der Waals surface area contributed by atoms with E-state index in [4.69, 9.17) is 5.73 Å². The second-order valence-electron chi connectivity index (χ2n) is 4.35. The van der Waals surface area contributed by atoms with E-state index in [9.17, 15) is 5.26 Å². The zero-order valence-electron chi connectivity index (χ0n) is 9.87. The second-order valence-corrected chi connectivity index (χ2v) is 4.35. The Morgan fingerprint density at radius 3 is 2.78 bits per heavy atom. The number of rotatable bonds is 1. The Morgan fingerprint density at radius 2 is 2.06 bits per heavy atom. The monoisotopic (exact) mass is 243 g/mol. The highest BCUT2D eigenvalue weighted by Gasteiger charge is 2.20. The van der Waals surface area contributed by atoms with Crippen molar-refractivity contribution >= 4 is 17.4 Å². The van der Waals surface area contributed by atoms with E-state index in [0.717, 1.165) is 25.9 Å². The normalized spacial score (nSPS) is 15.8. The molecule has 0 amide bonds. The van der Waals surface area contributed by atoms with E-state index in [2.05, 4.69) is 26.2 Å². The van der Waals surface area contributed by atoms with Crippen molar-refractivity contribution in [1.29, 1.82) is 5.26 Å². The molecule has 0 spiro atoms. The third-order valence-corrected chi connectivity index (χ3v) is 3.23. The number of nitrogens with zero attached hydrogens (tertiary/aromatic N) is 6. The van der Waals surface area contributed by atoms with E-state index < -0.39 is 0 Å². The average Bonchev–Trinajstić information content (AvgIpc) is 2.89. The first kappa shape index (κ1) is 10.8. The molecule has 0 unspecified atom stereocenters. The maximum atomic E-state index is 9.32. The Kier molecular flexibility index (Phi) is 2.48. The van der Waals surface area contributed by atoms with Gasteiger partial charge >= 0.3 is 0 Å². The minimum atomic E-state index is 0.314. The molecule has 2 N–H and O–H groups in total. The lowest BCUT2D eigenvalue weighted by Gasteiger charge is -2.28. The van der Waals surface area contributed by atoms with Crippen molar-refractivity contribution in [1.82, 2.24) is 19.6 Å². The van der Waals surface area contributed by atoms with Gasteiger partial charge in [0, 0.05) is 13.1 Å². The summed E-state index contributed by atoms with van der Waals surface area (Å²) in [5.74, 6) is 0.949. The van der Waals surface area contributed by atoms with Crippen molar-refractivity contribution in [2.75, 3.05) is 23.7 Å². The van der Waals surface area contributed by atoms with Gasteiger partial charge < -0.3 is 10.6 Å². The summed E-state index contributed by atoms with van der Waals surface area (Å²) in [7, 11) is 0. The number of hydrogen-bond acceptors (Lipinski definition) is 6. The van der Waals surface area contributed by atoms with Gasteiger partial charge in [-0.15, -0.1) is 10.2 Å². The summed E-state index contributed by atoms with van der Waals surface area (Å²) >= 11 is 0. The van der Waals surface area contributed by atoms with Gasteiger partial charge in [0.2, 0.25) is 5.95 Å². The fourth-order valence-electron chi connectivity index (χ4n) is 2.33. The highest BCUT2D eigenvalue weighted by Crippen LogP contribution is 2.25. The van der Waals surface area contributed by atoms with Crippen LogP contribution >= 0.6 is 0 Å². The Labute approximate surface area is 104 Å². The molecule has 1 saturated heterocycles. The van der Waals surface area contributed by atoms with Gasteiger partial charge in [-0.3, -0.25) is 4.40 Å². The van der Waals surface area contributed by atoms with Gasteiger partial charge in [0.05, 0.1) is 0 Å². The van der Waals surface area contributed by atoms with E-state index in [1.165, 1.54) is 17.1 Å². The van der Waals surface area contributed by atoms with Crippen molar-refractivity contribution in [3.8, 4) is 6.07 Å². The lowest BCUT2D eigenvalue weighted by molar-refractivity contribution is 0.573. The summed E-state index contributed by atoms with van der Waals surface area (Å²) in [6.45, 7) is 1.82. The number of nitrogens with two attached hydrogens (primary N) is 1. The van der Waals surface area contributed by atoms with E-state index in [1.54, 1.807) is 0 Å². The number of nitrogen functional groups attached to an aromatic ring is 1. The van der Waals surface area contributed by atoms with E-state index in [0.29, 0.717) is 23.0 Å². The maximum absolute atomic E-state index is 9.32. The Hall–Kier alpha value is -2.36. The molecule has 2 aromatic heterocycles. The van der Waals surface area contributed by atoms with Crippen molar-refractivity contribution in [3.63, 3.8) is 0 Å². The Bertz CT molecular complexity index is 618. The molecule has 0 bridgehead atoms. The smallest absolute Gasteiger partial charge is 0.209 e. The number of fused-ring (bicyclic) bond motifs is 1. The summed E-state index contributed by atoms with van der Waals surface area (Å²) in [6.07, 6.45) is 4.92. The highest BCUT2D eigenvalue weighted by molar-refractivity contribution is 5.69. The molecule has 0 aromatic carbocycles. The van der Waals surface area contributed by atoms with Crippen LogP contribution in [-0.4, -0.2) is 32.7 Å². The van der Waals surface area contributed by atoms with Crippen LogP contribution in [0.2, 0.25) is 0 Å². The lowest BCUT2D eigenvalue weighted by Crippen LogP contribution is -2.31. The average molecular weight is 243 g/mol. The van der Waals surface area contributed by atoms with Crippen molar-refractivity contribution < 1.29 is 0 Å². The van der Waals surface area contributed by atoms with Crippen LogP contribution in [0.15, 0.2) is 6.33 Å². The molecule has 0 saturated carbocycles. The van der Waals surface area contributed by atoms with E-state index >= 15 is 0 Å². The van der Waals surface area contributed by atoms with Crippen LogP contribution in [0, 0.1) is 11.3 Å². The van der Waals surface area contributed by atoms with Crippen molar-refractivity contribution in [2.45, 2.75) is 19.3 Å². The zero-order chi connectivity index (χ0) is 12.5. The SMILES string of the molecule is N#Cc1c(N2CCCCC2)nc(N)n2cnnc12. The van der Waals surface area contributed by atoms with Crippen LogP contribution in [-0.2, 0) is 0 Å². The first-order valence-electron chi connectivity index (χ1n) is 5.95. The number of aromatic nitrogens is 4. The molecule has 0 atom stereocenters. The molecule has 92 valence electrons. The summed E-state index contributed by atoms with van der Waals surface area (Å²) in [4.78, 5) is 6.44. The topological polar surface area (TPSA) is 96.1 Å².